The Bertz CT molecular complexity index is 266. The van der Waals surface area contributed by atoms with Crippen molar-refractivity contribution in [3.05, 3.63) is 0 Å². The highest BCUT2D eigenvalue weighted by Crippen LogP contribution is 2.20. The summed E-state index contributed by atoms with van der Waals surface area (Å²) in [7, 11) is -1.63. The third-order valence-corrected chi connectivity index (χ3v) is 3.76. The lowest BCUT2D eigenvalue weighted by molar-refractivity contribution is 0.240. The molecule has 0 spiro atoms. The van der Waals surface area contributed by atoms with Gasteiger partial charge in [0, 0.05) is 12.6 Å². The monoisotopic (exact) mass is 221 g/mol. The molecule has 0 amide bonds. The molecule has 1 saturated heterocycles. The molecule has 1 aliphatic rings. The maximum atomic E-state index is 11.2. The van der Waals surface area contributed by atoms with Crippen molar-refractivity contribution in [1.29, 1.82) is 0 Å². The molecule has 0 aromatic rings. The molecule has 0 radical (unpaired) electrons. The second-order valence-corrected chi connectivity index (χ2v) is 5.20. The average Bonchev–Trinajstić information content (AvgIpc) is 2.14. The standard InChI is InChI=1S/C8H19N3O2S/c1-10-6-5-8-4-2-3-7-11(8)14(9,12)13/h8,10H,2-7H2,1H3,(H2,9,12,13). The molecular weight excluding hydrogens is 202 g/mol. The van der Waals surface area contributed by atoms with Gasteiger partial charge in [-0.05, 0) is 32.9 Å². The fraction of sp³-hybridized carbons (Fsp3) is 1.00. The lowest BCUT2D eigenvalue weighted by Gasteiger charge is -2.33. The number of nitrogens with zero attached hydrogens (tertiary/aromatic N) is 1. The van der Waals surface area contributed by atoms with Gasteiger partial charge in [0.2, 0.25) is 0 Å². The Labute approximate surface area is 85.8 Å². The van der Waals surface area contributed by atoms with Crippen LogP contribution in [0.25, 0.3) is 0 Å². The molecule has 0 aromatic heterocycles. The highest BCUT2D eigenvalue weighted by Gasteiger charge is 2.28. The van der Waals surface area contributed by atoms with Crippen LogP contribution in [0.4, 0.5) is 0 Å². The number of nitrogens with two attached hydrogens (primary N) is 1. The fourth-order valence-electron chi connectivity index (χ4n) is 1.91. The van der Waals surface area contributed by atoms with Gasteiger partial charge in [-0.25, -0.2) is 5.14 Å². The van der Waals surface area contributed by atoms with Crippen molar-refractivity contribution < 1.29 is 8.42 Å². The van der Waals surface area contributed by atoms with Crippen LogP contribution in [0.2, 0.25) is 0 Å². The lowest BCUT2D eigenvalue weighted by Crippen LogP contribution is -2.47. The van der Waals surface area contributed by atoms with E-state index in [9.17, 15) is 8.42 Å². The van der Waals surface area contributed by atoms with E-state index in [1.54, 1.807) is 0 Å². The quantitative estimate of drug-likeness (QED) is 0.681. The van der Waals surface area contributed by atoms with E-state index in [1.165, 1.54) is 4.31 Å². The zero-order valence-electron chi connectivity index (χ0n) is 8.57. The summed E-state index contributed by atoms with van der Waals surface area (Å²) in [5.74, 6) is 0. The van der Waals surface area contributed by atoms with Crippen molar-refractivity contribution >= 4 is 10.2 Å². The second-order valence-electron chi connectivity index (χ2n) is 3.70. The van der Waals surface area contributed by atoms with Crippen molar-refractivity contribution in [3.63, 3.8) is 0 Å². The molecule has 1 aliphatic heterocycles. The van der Waals surface area contributed by atoms with E-state index < -0.39 is 10.2 Å². The summed E-state index contributed by atoms with van der Waals surface area (Å²) in [5.41, 5.74) is 0. The largest absolute Gasteiger partial charge is 0.320 e. The minimum absolute atomic E-state index is 0.0891. The third-order valence-electron chi connectivity index (χ3n) is 2.63. The Morgan fingerprint density at radius 3 is 2.79 bits per heavy atom. The highest BCUT2D eigenvalue weighted by molar-refractivity contribution is 7.86. The highest BCUT2D eigenvalue weighted by atomic mass is 32.2. The van der Waals surface area contributed by atoms with E-state index in [2.05, 4.69) is 5.32 Å². The Morgan fingerprint density at radius 1 is 1.50 bits per heavy atom. The first kappa shape index (κ1) is 11.9. The van der Waals surface area contributed by atoms with Gasteiger partial charge < -0.3 is 5.32 Å². The van der Waals surface area contributed by atoms with Crippen LogP contribution in [0.15, 0.2) is 0 Å². The van der Waals surface area contributed by atoms with Crippen LogP contribution in [0.3, 0.4) is 0 Å². The van der Waals surface area contributed by atoms with Crippen LogP contribution in [0.5, 0.6) is 0 Å². The molecule has 0 aliphatic carbocycles. The summed E-state index contributed by atoms with van der Waals surface area (Å²) in [5, 5.41) is 8.17. The van der Waals surface area contributed by atoms with Gasteiger partial charge in [0.15, 0.2) is 0 Å². The maximum Gasteiger partial charge on any atom is 0.277 e. The van der Waals surface area contributed by atoms with Crippen LogP contribution in [0, 0.1) is 0 Å². The molecule has 0 bridgehead atoms. The average molecular weight is 221 g/mol. The summed E-state index contributed by atoms with van der Waals surface area (Å²) in [4.78, 5) is 0. The van der Waals surface area contributed by atoms with Crippen molar-refractivity contribution in [2.75, 3.05) is 20.1 Å². The molecule has 1 unspecified atom stereocenters. The minimum Gasteiger partial charge on any atom is -0.320 e. The van der Waals surface area contributed by atoms with E-state index in [4.69, 9.17) is 5.14 Å². The van der Waals surface area contributed by atoms with Gasteiger partial charge >= 0.3 is 0 Å². The van der Waals surface area contributed by atoms with Gasteiger partial charge in [0.25, 0.3) is 10.2 Å². The van der Waals surface area contributed by atoms with E-state index in [-0.39, 0.29) is 6.04 Å². The number of piperidine rings is 1. The van der Waals surface area contributed by atoms with Crippen molar-refractivity contribution in [2.24, 2.45) is 5.14 Å². The van der Waals surface area contributed by atoms with Crippen molar-refractivity contribution in [2.45, 2.75) is 31.7 Å². The van der Waals surface area contributed by atoms with Gasteiger partial charge in [0.1, 0.15) is 0 Å². The third kappa shape index (κ3) is 3.20. The van der Waals surface area contributed by atoms with Crippen molar-refractivity contribution in [1.82, 2.24) is 9.62 Å². The molecular formula is C8H19N3O2S. The van der Waals surface area contributed by atoms with Crippen molar-refractivity contribution in [3.8, 4) is 0 Å². The fourth-order valence-corrected chi connectivity index (χ4v) is 2.92. The van der Waals surface area contributed by atoms with Crippen LogP contribution < -0.4 is 10.5 Å². The summed E-state index contributed by atoms with van der Waals surface area (Å²) in [6, 6.07) is 0.0891. The lowest BCUT2D eigenvalue weighted by atomic mass is 10.0. The van der Waals surface area contributed by atoms with Crippen LogP contribution in [-0.2, 0) is 10.2 Å². The summed E-state index contributed by atoms with van der Waals surface area (Å²) in [6.45, 7) is 1.41. The first-order valence-electron chi connectivity index (χ1n) is 5.00. The number of hydrogen-bond donors (Lipinski definition) is 2. The molecule has 6 heteroatoms. The molecule has 3 N–H and O–H groups in total. The first-order valence-corrected chi connectivity index (χ1v) is 6.50. The number of hydrogen-bond acceptors (Lipinski definition) is 3. The molecule has 84 valence electrons. The number of rotatable bonds is 4. The van der Waals surface area contributed by atoms with E-state index >= 15 is 0 Å². The van der Waals surface area contributed by atoms with E-state index in [1.807, 2.05) is 7.05 Å². The smallest absolute Gasteiger partial charge is 0.277 e. The predicted molar refractivity (Wildman–Crippen MR) is 56.0 cm³/mol. The Hall–Kier alpha value is -0.170. The Balaban J connectivity index is 2.60. The number of nitrogens with one attached hydrogen (secondary N) is 1. The molecule has 1 fully saturated rings. The second kappa shape index (κ2) is 5.06. The van der Waals surface area contributed by atoms with E-state index in [0.29, 0.717) is 6.54 Å². The summed E-state index contributed by atoms with van der Waals surface area (Å²) < 4.78 is 23.9. The minimum atomic E-state index is -3.50. The first-order chi connectivity index (χ1) is 6.55. The zero-order valence-corrected chi connectivity index (χ0v) is 9.39. The topological polar surface area (TPSA) is 75.4 Å². The molecule has 1 atom stereocenters. The Kier molecular flexibility index (Phi) is 4.31. The van der Waals surface area contributed by atoms with Crippen LogP contribution >= 0.6 is 0 Å². The predicted octanol–water partition coefficient (Wildman–Crippen LogP) is -0.346. The SMILES string of the molecule is CNCCC1CCCCN1S(N)(=O)=O. The van der Waals surface area contributed by atoms with Gasteiger partial charge in [-0.3, -0.25) is 0 Å². The van der Waals surface area contributed by atoms with Gasteiger partial charge in [-0.2, -0.15) is 12.7 Å². The normalized spacial score (nSPS) is 25.1. The molecule has 14 heavy (non-hydrogen) atoms. The molecule has 0 saturated carbocycles. The van der Waals surface area contributed by atoms with E-state index in [0.717, 1.165) is 32.2 Å². The van der Waals surface area contributed by atoms with Gasteiger partial charge in [0.05, 0.1) is 0 Å². The van der Waals surface area contributed by atoms with Gasteiger partial charge in [-0.15, -0.1) is 0 Å². The van der Waals surface area contributed by atoms with Crippen LogP contribution in [0.1, 0.15) is 25.7 Å². The molecule has 0 aromatic carbocycles. The van der Waals surface area contributed by atoms with Crippen LogP contribution in [-0.4, -0.2) is 38.9 Å². The Morgan fingerprint density at radius 2 is 2.21 bits per heavy atom. The molecule has 5 nitrogen and oxygen atoms in total. The zero-order chi connectivity index (χ0) is 10.6. The summed E-state index contributed by atoms with van der Waals surface area (Å²) in [6.07, 6.45) is 3.79. The van der Waals surface area contributed by atoms with Gasteiger partial charge in [-0.1, -0.05) is 6.42 Å². The maximum absolute atomic E-state index is 11.2. The molecule has 1 rings (SSSR count). The molecule has 1 heterocycles. The summed E-state index contributed by atoms with van der Waals surface area (Å²) >= 11 is 0.